The van der Waals surface area contributed by atoms with Crippen molar-refractivity contribution in [3.05, 3.63) is 58.1 Å². The largest absolute Gasteiger partial charge is 0.374 e. The van der Waals surface area contributed by atoms with Crippen molar-refractivity contribution in [1.82, 2.24) is 4.90 Å². The average Bonchev–Trinajstić information content (AvgIpc) is 2.97. The van der Waals surface area contributed by atoms with Crippen LogP contribution in [0.2, 0.25) is 10.0 Å². The summed E-state index contributed by atoms with van der Waals surface area (Å²) in [6, 6.07) is 12.0. The van der Waals surface area contributed by atoms with E-state index in [1.807, 2.05) is 18.2 Å². The van der Waals surface area contributed by atoms with Crippen molar-refractivity contribution in [2.45, 2.75) is 12.5 Å². The second-order valence-corrected chi connectivity index (χ2v) is 7.14. The Bertz CT molecular complexity index is 854. The monoisotopic (exact) mass is 391 g/mol. The van der Waals surface area contributed by atoms with Gasteiger partial charge in [0.05, 0.1) is 21.3 Å². The predicted molar refractivity (Wildman–Crippen MR) is 105 cm³/mol. The molecule has 5 nitrogen and oxygen atoms in total. The Kier molecular flexibility index (Phi) is 5.39. The summed E-state index contributed by atoms with van der Waals surface area (Å²) in [6.45, 7) is 0.581. The third kappa shape index (κ3) is 3.64. The highest BCUT2D eigenvalue weighted by atomic mass is 35.5. The first-order valence-corrected chi connectivity index (χ1v) is 8.97. The van der Waals surface area contributed by atoms with Gasteiger partial charge in [-0.15, -0.1) is 0 Å². The molecule has 2 amide bonds. The Labute approximate surface area is 162 Å². The summed E-state index contributed by atoms with van der Waals surface area (Å²) in [4.78, 5) is 28.1. The molecule has 1 fully saturated rings. The Morgan fingerprint density at radius 3 is 2.58 bits per heavy atom. The number of rotatable bonds is 4. The van der Waals surface area contributed by atoms with Crippen LogP contribution in [-0.2, 0) is 4.79 Å². The maximum atomic E-state index is 12.8. The molecule has 3 rings (SSSR count). The molecule has 0 aromatic heterocycles. The molecule has 1 unspecified atom stereocenters. The van der Waals surface area contributed by atoms with Gasteiger partial charge in [-0.05, 0) is 36.8 Å². The van der Waals surface area contributed by atoms with Crippen molar-refractivity contribution in [2.75, 3.05) is 30.9 Å². The average molecular weight is 392 g/mol. The van der Waals surface area contributed by atoms with E-state index in [2.05, 4.69) is 5.32 Å². The Morgan fingerprint density at radius 2 is 1.88 bits per heavy atom. The molecule has 1 saturated heterocycles. The minimum Gasteiger partial charge on any atom is -0.374 e. The number of benzene rings is 2. The van der Waals surface area contributed by atoms with E-state index < -0.39 is 0 Å². The van der Waals surface area contributed by atoms with E-state index in [1.54, 1.807) is 43.3 Å². The number of nitrogens with one attached hydrogen (secondary N) is 1. The van der Waals surface area contributed by atoms with E-state index in [0.717, 1.165) is 0 Å². The molecule has 7 heteroatoms. The second kappa shape index (κ2) is 7.56. The van der Waals surface area contributed by atoms with E-state index in [0.29, 0.717) is 39.9 Å². The summed E-state index contributed by atoms with van der Waals surface area (Å²) in [6.07, 6.45) is 0.643. The smallest absolute Gasteiger partial charge is 0.254 e. The lowest BCUT2D eigenvalue weighted by Gasteiger charge is -2.19. The zero-order valence-electron chi connectivity index (χ0n) is 14.5. The van der Waals surface area contributed by atoms with Gasteiger partial charge in [0.2, 0.25) is 5.91 Å². The van der Waals surface area contributed by atoms with Crippen LogP contribution in [-0.4, -0.2) is 43.4 Å². The maximum absolute atomic E-state index is 12.8. The van der Waals surface area contributed by atoms with Crippen LogP contribution in [0.15, 0.2) is 42.5 Å². The highest BCUT2D eigenvalue weighted by molar-refractivity contribution is 6.34. The van der Waals surface area contributed by atoms with Gasteiger partial charge >= 0.3 is 0 Å². The van der Waals surface area contributed by atoms with Crippen molar-refractivity contribution in [3.8, 4) is 0 Å². The third-order valence-corrected chi connectivity index (χ3v) is 4.94. The van der Waals surface area contributed by atoms with Crippen molar-refractivity contribution < 1.29 is 9.59 Å². The molecule has 0 spiro atoms. The lowest BCUT2D eigenvalue weighted by atomic mass is 10.1. The van der Waals surface area contributed by atoms with Crippen LogP contribution in [0, 0.1) is 0 Å². The van der Waals surface area contributed by atoms with Gasteiger partial charge in [0.25, 0.3) is 5.91 Å². The molecule has 1 heterocycles. The lowest BCUT2D eigenvalue weighted by molar-refractivity contribution is -0.117. The zero-order chi connectivity index (χ0) is 18.8. The summed E-state index contributed by atoms with van der Waals surface area (Å²) < 4.78 is 0. The van der Waals surface area contributed by atoms with Crippen molar-refractivity contribution in [3.63, 3.8) is 0 Å². The molecule has 136 valence electrons. The number of halogens is 2. The highest BCUT2D eigenvalue weighted by Gasteiger charge is 2.33. The number of carbonyl (C=O) groups is 2. The Morgan fingerprint density at radius 1 is 1.15 bits per heavy atom. The Balaban J connectivity index is 1.78. The van der Waals surface area contributed by atoms with E-state index in [1.165, 1.54) is 4.90 Å². The molecular weight excluding hydrogens is 373 g/mol. The first-order chi connectivity index (χ1) is 12.4. The number of anilines is 2. The van der Waals surface area contributed by atoms with Gasteiger partial charge < -0.3 is 15.1 Å². The number of carbonyl (C=O) groups excluding carboxylic acids is 2. The summed E-state index contributed by atoms with van der Waals surface area (Å²) in [5.74, 6) is -0.234. The summed E-state index contributed by atoms with van der Waals surface area (Å²) in [7, 11) is 3.33. The molecule has 0 radical (unpaired) electrons. The summed E-state index contributed by atoms with van der Waals surface area (Å²) >= 11 is 12.3. The fraction of sp³-hybridized carbons (Fsp3) is 0.263. The zero-order valence-corrected chi connectivity index (χ0v) is 16.0. The van der Waals surface area contributed by atoms with Crippen molar-refractivity contribution >= 4 is 46.4 Å². The van der Waals surface area contributed by atoms with Crippen LogP contribution >= 0.6 is 23.2 Å². The summed E-state index contributed by atoms with van der Waals surface area (Å²) in [5, 5.41) is 4.13. The molecule has 1 aliphatic rings. The minimum atomic E-state index is -0.380. The fourth-order valence-corrected chi connectivity index (χ4v) is 3.38. The quantitative estimate of drug-likeness (QED) is 0.859. The Hall–Kier alpha value is -2.24. The van der Waals surface area contributed by atoms with Crippen molar-refractivity contribution in [1.29, 1.82) is 0 Å². The van der Waals surface area contributed by atoms with Gasteiger partial charge in [-0.3, -0.25) is 9.59 Å². The van der Waals surface area contributed by atoms with E-state index in [9.17, 15) is 9.59 Å². The van der Waals surface area contributed by atoms with Gasteiger partial charge in [-0.25, -0.2) is 0 Å². The fourth-order valence-electron chi connectivity index (χ4n) is 2.94. The molecule has 0 saturated carbocycles. The number of hydrogen-bond acceptors (Lipinski definition) is 3. The predicted octanol–water partition coefficient (Wildman–Crippen LogP) is 3.91. The number of amides is 2. The van der Waals surface area contributed by atoms with Crippen LogP contribution in [0.5, 0.6) is 0 Å². The minimum absolute atomic E-state index is 0.0477. The molecular formula is C19H19Cl2N3O2. The van der Waals surface area contributed by atoms with Gasteiger partial charge in [-0.1, -0.05) is 35.3 Å². The normalized spacial score (nSPS) is 16.7. The van der Waals surface area contributed by atoms with Crippen LogP contribution in [0.4, 0.5) is 11.4 Å². The van der Waals surface area contributed by atoms with Crippen LogP contribution in [0.1, 0.15) is 16.8 Å². The number of hydrogen-bond donors (Lipinski definition) is 1. The van der Waals surface area contributed by atoms with E-state index in [-0.39, 0.29) is 17.9 Å². The van der Waals surface area contributed by atoms with Crippen LogP contribution in [0.25, 0.3) is 0 Å². The number of para-hydroxylation sites is 1. The topological polar surface area (TPSA) is 52.7 Å². The first-order valence-electron chi connectivity index (χ1n) is 8.22. The van der Waals surface area contributed by atoms with Crippen LogP contribution in [0.3, 0.4) is 0 Å². The van der Waals surface area contributed by atoms with E-state index >= 15 is 0 Å². The molecule has 0 aliphatic carbocycles. The highest BCUT2D eigenvalue weighted by Crippen LogP contribution is 2.30. The van der Waals surface area contributed by atoms with Crippen molar-refractivity contribution in [2.24, 2.45) is 0 Å². The van der Waals surface area contributed by atoms with E-state index in [4.69, 9.17) is 23.2 Å². The molecule has 2 aromatic carbocycles. The van der Waals surface area contributed by atoms with Gasteiger partial charge in [-0.2, -0.15) is 0 Å². The summed E-state index contributed by atoms with van der Waals surface area (Å²) in [5.41, 5.74) is 1.79. The SMILES string of the molecule is CN(C)C(=O)c1cc(NC2CCN(c3ccccc3Cl)C2=O)ccc1Cl. The first kappa shape index (κ1) is 18.5. The molecule has 26 heavy (non-hydrogen) atoms. The molecule has 1 N–H and O–H groups in total. The molecule has 2 aromatic rings. The third-order valence-electron chi connectivity index (χ3n) is 4.29. The maximum Gasteiger partial charge on any atom is 0.254 e. The standard InChI is InChI=1S/C19H19Cl2N3O2/c1-23(2)18(25)13-11-12(7-8-14(13)20)22-16-9-10-24(19(16)26)17-6-4-3-5-15(17)21/h3-8,11,16,22H,9-10H2,1-2H3. The van der Waals surface area contributed by atoms with Gasteiger partial charge in [0.1, 0.15) is 6.04 Å². The van der Waals surface area contributed by atoms with Gasteiger partial charge in [0.15, 0.2) is 0 Å². The van der Waals surface area contributed by atoms with Crippen LogP contribution < -0.4 is 10.2 Å². The number of nitrogens with zero attached hydrogens (tertiary/aromatic N) is 2. The lowest BCUT2D eigenvalue weighted by Crippen LogP contribution is -2.33. The molecule has 1 aliphatic heterocycles. The van der Waals surface area contributed by atoms with Gasteiger partial charge in [0, 0.05) is 26.3 Å². The molecule has 0 bridgehead atoms. The second-order valence-electron chi connectivity index (χ2n) is 6.32. The molecule has 1 atom stereocenters.